The number of carbonyl (C=O) groups excluding carboxylic acids is 1. The molecule has 2 rings (SSSR count). The van der Waals surface area contributed by atoms with E-state index in [9.17, 15) is 4.79 Å². The van der Waals surface area contributed by atoms with Crippen LogP contribution in [0.4, 0.5) is 11.5 Å². The standard InChI is InChI=1S/C15H18N4O/c1-9-3-5-11(6-4-9)10(2)19-15-13(14(17)20)7-12(16)8-18-15/h3-8,10H,16H2,1-2H3,(H2,17,20)(H,18,19). The molecule has 0 radical (unpaired) electrons. The Balaban J connectivity index is 2.25. The minimum Gasteiger partial charge on any atom is -0.397 e. The first-order chi connectivity index (χ1) is 9.47. The Bertz CT molecular complexity index is 622. The van der Waals surface area contributed by atoms with E-state index in [1.54, 1.807) is 0 Å². The summed E-state index contributed by atoms with van der Waals surface area (Å²) in [5.74, 6) is -0.108. The van der Waals surface area contributed by atoms with E-state index in [0.717, 1.165) is 5.56 Å². The average Bonchev–Trinajstić information content (AvgIpc) is 2.41. The van der Waals surface area contributed by atoms with Gasteiger partial charge in [-0.1, -0.05) is 29.8 Å². The summed E-state index contributed by atoms with van der Waals surface area (Å²) in [6.07, 6.45) is 1.50. The number of nitrogens with two attached hydrogens (primary N) is 2. The van der Waals surface area contributed by atoms with Crippen molar-refractivity contribution in [3.05, 3.63) is 53.2 Å². The van der Waals surface area contributed by atoms with Crippen LogP contribution < -0.4 is 16.8 Å². The number of benzene rings is 1. The smallest absolute Gasteiger partial charge is 0.252 e. The monoisotopic (exact) mass is 270 g/mol. The van der Waals surface area contributed by atoms with Gasteiger partial charge in [0.15, 0.2) is 0 Å². The van der Waals surface area contributed by atoms with E-state index in [4.69, 9.17) is 11.5 Å². The molecule has 0 saturated carbocycles. The second kappa shape index (κ2) is 5.61. The molecule has 2 aromatic rings. The van der Waals surface area contributed by atoms with Gasteiger partial charge in [0.2, 0.25) is 0 Å². The number of aromatic nitrogens is 1. The number of nitrogen functional groups attached to an aromatic ring is 1. The fourth-order valence-corrected chi connectivity index (χ4v) is 1.93. The fourth-order valence-electron chi connectivity index (χ4n) is 1.93. The molecule has 0 spiro atoms. The Morgan fingerprint density at radius 3 is 2.55 bits per heavy atom. The number of nitrogens with zero attached hydrogens (tertiary/aromatic N) is 1. The number of amides is 1. The van der Waals surface area contributed by atoms with Gasteiger partial charge < -0.3 is 16.8 Å². The predicted molar refractivity (Wildman–Crippen MR) is 80.4 cm³/mol. The molecule has 0 aliphatic carbocycles. The van der Waals surface area contributed by atoms with Gasteiger partial charge in [-0.2, -0.15) is 0 Å². The van der Waals surface area contributed by atoms with Crippen molar-refractivity contribution in [1.29, 1.82) is 0 Å². The molecule has 20 heavy (non-hydrogen) atoms. The Morgan fingerprint density at radius 1 is 1.30 bits per heavy atom. The number of pyridine rings is 1. The van der Waals surface area contributed by atoms with Gasteiger partial charge in [-0.3, -0.25) is 4.79 Å². The molecule has 0 aliphatic rings. The molecule has 1 unspecified atom stereocenters. The van der Waals surface area contributed by atoms with Crippen molar-refractivity contribution >= 4 is 17.4 Å². The minimum atomic E-state index is -0.552. The summed E-state index contributed by atoms with van der Waals surface area (Å²) in [6.45, 7) is 4.03. The third-order valence-corrected chi connectivity index (χ3v) is 3.10. The molecule has 0 fully saturated rings. The Kier molecular flexibility index (Phi) is 3.89. The van der Waals surface area contributed by atoms with E-state index < -0.39 is 5.91 Å². The Hall–Kier alpha value is -2.56. The zero-order valence-corrected chi connectivity index (χ0v) is 11.6. The van der Waals surface area contributed by atoms with Crippen LogP contribution in [-0.2, 0) is 0 Å². The molecule has 5 nitrogen and oxygen atoms in total. The molecule has 1 aromatic carbocycles. The van der Waals surface area contributed by atoms with E-state index in [1.807, 2.05) is 38.1 Å². The number of primary amides is 1. The molecule has 1 aromatic heterocycles. The van der Waals surface area contributed by atoms with Gasteiger partial charge in [-0.05, 0) is 25.5 Å². The second-order valence-corrected chi connectivity index (χ2v) is 4.81. The third kappa shape index (κ3) is 3.06. The molecule has 5 heteroatoms. The van der Waals surface area contributed by atoms with E-state index in [0.29, 0.717) is 17.1 Å². The van der Waals surface area contributed by atoms with Crippen molar-refractivity contribution in [1.82, 2.24) is 4.98 Å². The van der Waals surface area contributed by atoms with E-state index in [2.05, 4.69) is 10.3 Å². The van der Waals surface area contributed by atoms with Crippen molar-refractivity contribution in [2.45, 2.75) is 19.9 Å². The van der Waals surface area contributed by atoms with Gasteiger partial charge >= 0.3 is 0 Å². The van der Waals surface area contributed by atoms with Crippen molar-refractivity contribution < 1.29 is 4.79 Å². The first kappa shape index (κ1) is 13.9. The van der Waals surface area contributed by atoms with Crippen molar-refractivity contribution in [2.75, 3.05) is 11.1 Å². The van der Waals surface area contributed by atoms with Gasteiger partial charge in [-0.15, -0.1) is 0 Å². The van der Waals surface area contributed by atoms with Crippen LogP contribution in [0.5, 0.6) is 0 Å². The molecular weight excluding hydrogens is 252 g/mol. The quantitative estimate of drug-likeness (QED) is 0.794. The Labute approximate surface area is 118 Å². The highest BCUT2D eigenvalue weighted by atomic mass is 16.1. The highest BCUT2D eigenvalue weighted by molar-refractivity contribution is 5.98. The molecular formula is C15H18N4O. The predicted octanol–water partition coefficient (Wildman–Crippen LogP) is 2.24. The summed E-state index contributed by atoms with van der Waals surface area (Å²) in [5.41, 5.74) is 14.0. The van der Waals surface area contributed by atoms with Gasteiger partial charge in [0, 0.05) is 6.04 Å². The summed E-state index contributed by atoms with van der Waals surface area (Å²) in [7, 11) is 0. The molecule has 104 valence electrons. The maximum absolute atomic E-state index is 11.4. The first-order valence-electron chi connectivity index (χ1n) is 6.36. The van der Waals surface area contributed by atoms with E-state index in [-0.39, 0.29) is 6.04 Å². The highest BCUT2D eigenvalue weighted by Crippen LogP contribution is 2.22. The molecule has 0 bridgehead atoms. The van der Waals surface area contributed by atoms with Crippen LogP contribution in [0.25, 0.3) is 0 Å². The largest absolute Gasteiger partial charge is 0.397 e. The molecule has 1 atom stereocenters. The number of hydrogen-bond acceptors (Lipinski definition) is 4. The third-order valence-electron chi connectivity index (χ3n) is 3.10. The van der Waals surface area contributed by atoms with E-state index >= 15 is 0 Å². The maximum Gasteiger partial charge on any atom is 0.252 e. The second-order valence-electron chi connectivity index (χ2n) is 4.81. The lowest BCUT2D eigenvalue weighted by Gasteiger charge is -2.17. The van der Waals surface area contributed by atoms with Crippen LogP contribution in [-0.4, -0.2) is 10.9 Å². The summed E-state index contributed by atoms with van der Waals surface area (Å²) in [6, 6.07) is 9.68. The average molecular weight is 270 g/mol. The lowest BCUT2D eigenvalue weighted by molar-refractivity contribution is 0.100. The molecule has 0 saturated heterocycles. The lowest BCUT2D eigenvalue weighted by atomic mass is 10.1. The van der Waals surface area contributed by atoms with Crippen molar-refractivity contribution in [3.63, 3.8) is 0 Å². The van der Waals surface area contributed by atoms with Crippen molar-refractivity contribution in [2.24, 2.45) is 5.73 Å². The number of anilines is 2. The van der Waals surface area contributed by atoms with E-state index in [1.165, 1.54) is 17.8 Å². The van der Waals surface area contributed by atoms with Crippen molar-refractivity contribution in [3.8, 4) is 0 Å². The molecule has 1 heterocycles. The number of nitrogens with one attached hydrogen (secondary N) is 1. The number of aryl methyl sites for hydroxylation is 1. The summed E-state index contributed by atoms with van der Waals surface area (Å²) >= 11 is 0. The van der Waals surface area contributed by atoms with Crippen LogP contribution in [0, 0.1) is 6.92 Å². The number of hydrogen-bond donors (Lipinski definition) is 3. The van der Waals surface area contributed by atoms with Gasteiger partial charge in [-0.25, -0.2) is 4.98 Å². The highest BCUT2D eigenvalue weighted by Gasteiger charge is 2.13. The normalized spacial score (nSPS) is 11.9. The van der Waals surface area contributed by atoms with Crippen LogP contribution >= 0.6 is 0 Å². The first-order valence-corrected chi connectivity index (χ1v) is 6.36. The van der Waals surface area contributed by atoms with Crippen LogP contribution in [0.1, 0.15) is 34.5 Å². The fraction of sp³-hybridized carbons (Fsp3) is 0.200. The molecule has 5 N–H and O–H groups in total. The zero-order chi connectivity index (χ0) is 14.7. The van der Waals surface area contributed by atoms with Crippen LogP contribution in [0.2, 0.25) is 0 Å². The van der Waals surface area contributed by atoms with Gasteiger partial charge in [0.05, 0.1) is 17.4 Å². The minimum absolute atomic E-state index is 0.00447. The van der Waals surface area contributed by atoms with Crippen LogP contribution in [0.3, 0.4) is 0 Å². The van der Waals surface area contributed by atoms with Gasteiger partial charge in [0.25, 0.3) is 5.91 Å². The van der Waals surface area contributed by atoms with Crippen LogP contribution in [0.15, 0.2) is 36.5 Å². The zero-order valence-electron chi connectivity index (χ0n) is 11.6. The summed E-state index contributed by atoms with van der Waals surface area (Å²) in [5, 5.41) is 3.19. The number of rotatable bonds is 4. The maximum atomic E-state index is 11.4. The molecule has 1 amide bonds. The van der Waals surface area contributed by atoms with Gasteiger partial charge in [0.1, 0.15) is 5.82 Å². The molecule has 0 aliphatic heterocycles. The topological polar surface area (TPSA) is 94.0 Å². The Morgan fingerprint density at radius 2 is 1.95 bits per heavy atom. The SMILES string of the molecule is Cc1ccc(C(C)Nc2ncc(N)cc2C(N)=O)cc1. The number of carbonyl (C=O) groups is 1. The lowest BCUT2D eigenvalue weighted by Crippen LogP contribution is -2.17. The summed E-state index contributed by atoms with van der Waals surface area (Å²) in [4.78, 5) is 15.6. The summed E-state index contributed by atoms with van der Waals surface area (Å²) < 4.78 is 0.